The summed E-state index contributed by atoms with van der Waals surface area (Å²) < 4.78 is 7.73. The minimum atomic E-state index is -0.238. The lowest BCUT2D eigenvalue weighted by molar-refractivity contribution is -0.0297. The molecule has 21 heavy (non-hydrogen) atoms. The molecule has 0 spiro atoms. The van der Waals surface area contributed by atoms with Gasteiger partial charge < -0.3 is 14.8 Å². The van der Waals surface area contributed by atoms with Gasteiger partial charge in [0.05, 0.1) is 19.0 Å². The van der Waals surface area contributed by atoms with E-state index in [0.29, 0.717) is 22.9 Å². The lowest BCUT2D eigenvalue weighted by Gasteiger charge is -2.14. The van der Waals surface area contributed by atoms with Gasteiger partial charge >= 0.3 is 0 Å². The molecule has 1 saturated heterocycles. The van der Waals surface area contributed by atoms with Crippen LogP contribution >= 0.6 is 0 Å². The number of nitrogens with one attached hydrogen (secondary N) is 1. The van der Waals surface area contributed by atoms with Crippen LogP contribution in [0.4, 0.5) is 0 Å². The molecule has 0 saturated carbocycles. The normalized spacial score (nSPS) is 25.8. The second-order valence-electron chi connectivity index (χ2n) is 5.57. The maximum atomic E-state index is 11.9. The van der Waals surface area contributed by atoms with Crippen molar-refractivity contribution < 1.29 is 9.84 Å². The Morgan fingerprint density at radius 1 is 1.57 bits per heavy atom. The standard InChI is InChI=1S/C14H20N4O3/c1-3-4-9-5-11(21-10(9)6-19)18-7-15-12-13(18)16-8(2)17-14(12)20/h7,9-11,19H,3-6H2,1-2H3,(H,16,17,20)/t9?,10-,11-/m1/s1. The van der Waals surface area contributed by atoms with Gasteiger partial charge in [-0.15, -0.1) is 0 Å². The summed E-state index contributed by atoms with van der Waals surface area (Å²) in [4.78, 5) is 23.0. The summed E-state index contributed by atoms with van der Waals surface area (Å²) >= 11 is 0. The van der Waals surface area contributed by atoms with Crippen LogP contribution in [0.15, 0.2) is 11.1 Å². The maximum Gasteiger partial charge on any atom is 0.279 e. The van der Waals surface area contributed by atoms with Gasteiger partial charge in [0, 0.05) is 0 Å². The van der Waals surface area contributed by atoms with Crippen molar-refractivity contribution in [2.45, 2.75) is 45.4 Å². The van der Waals surface area contributed by atoms with E-state index in [-0.39, 0.29) is 24.5 Å². The number of aromatic amines is 1. The summed E-state index contributed by atoms with van der Waals surface area (Å²) in [6.45, 7) is 3.88. The van der Waals surface area contributed by atoms with Gasteiger partial charge in [0.15, 0.2) is 11.2 Å². The van der Waals surface area contributed by atoms with E-state index in [1.807, 2.05) is 0 Å². The van der Waals surface area contributed by atoms with E-state index in [1.54, 1.807) is 17.8 Å². The quantitative estimate of drug-likeness (QED) is 0.881. The molecule has 2 aromatic rings. The predicted molar refractivity (Wildman–Crippen MR) is 76.9 cm³/mol. The van der Waals surface area contributed by atoms with Gasteiger partial charge in [0.1, 0.15) is 12.1 Å². The summed E-state index contributed by atoms with van der Waals surface area (Å²) in [7, 11) is 0. The molecule has 114 valence electrons. The van der Waals surface area contributed by atoms with Crippen molar-refractivity contribution in [3.63, 3.8) is 0 Å². The fraction of sp³-hybridized carbons (Fsp3) is 0.643. The maximum absolute atomic E-state index is 11.9. The average Bonchev–Trinajstić information content (AvgIpc) is 3.02. The van der Waals surface area contributed by atoms with Crippen LogP contribution in [-0.4, -0.2) is 37.3 Å². The summed E-state index contributed by atoms with van der Waals surface area (Å²) in [5, 5.41) is 9.46. The monoisotopic (exact) mass is 292 g/mol. The van der Waals surface area contributed by atoms with E-state index < -0.39 is 0 Å². The van der Waals surface area contributed by atoms with Crippen molar-refractivity contribution in [3.8, 4) is 0 Å². The number of H-pyrrole nitrogens is 1. The van der Waals surface area contributed by atoms with E-state index in [9.17, 15) is 9.90 Å². The molecule has 3 atom stereocenters. The molecule has 2 aromatic heterocycles. The zero-order chi connectivity index (χ0) is 15.0. The van der Waals surface area contributed by atoms with E-state index in [4.69, 9.17) is 4.74 Å². The predicted octanol–water partition coefficient (Wildman–Crippen LogP) is 1.12. The molecule has 0 aliphatic carbocycles. The molecule has 1 aliphatic rings. The van der Waals surface area contributed by atoms with Crippen LogP contribution in [0.2, 0.25) is 0 Å². The van der Waals surface area contributed by atoms with Gasteiger partial charge in [-0.25, -0.2) is 9.97 Å². The third kappa shape index (κ3) is 2.47. The highest BCUT2D eigenvalue weighted by Gasteiger charge is 2.35. The second-order valence-corrected chi connectivity index (χ2v) is 5.57. The summed E-state index contributed by atoms with van der Waals surface area (Å²) in [6, 6.07) is 0. The number of aromatic nitrogens is 4. The van der Waals surface area contributed by atoms with Gasteiger partial charge in [-0.1, -0.05) is 13.3 Å². The first kappa shape index (κ1) is 14.2. The molecule has 0 radical (unpaired) electrons. The molecular formula is C14H20N4O3. The molecule has 0 bridgehead atoms. The van der Waals surface area contributed by atoms with Crippen LogP contribution in [0.3, 0.4) is 0 Å². The fourth-order valence-corrected chi connectivity index (χ4v) is 3.07. The van der Waals surface area contributed by atoms with Gasteiger partial charge in [-0.2, -0.15) is 0 Å². The van der Waals surface area contributed by atoms with Crippen LogP contribution < -0.4 is 5.56 Å². The highest BCUT2D eigenvalue weighted by Crippen LogP contribution is 2.36. The summed E-state index contributed by atoms with van der Waals surface area (Å²) in [5.41, 5.74) is 0.622. The molecule has 3 heterocycles. The molecule has 7 heteroatoms. The second kappa shape index (κ2) is 5.57. The lowest BCUT2D eigenvalue weighted by Crippen LogP contribution is -2.20. The first-order valence-electron chi connectivity index (χ1n) is 7.33. The van der Waals surface area contributed by atoms with Crippen LogP contribution in [0.1, 0.15) is 38.2 Å². The highest BCUT2D eigenvalue weighted by molar-refractivity contribution is 5.69. The van der Waals surface area contributed by atoms with Crippen LogP contribution in [0, 0.1) is 12.8 Å². The van der Waals surface area contributed by atoms with E-state index in [0.717, 1.165) is 19.3 Å². The SMILES string of the molecule is CCCC1C[C@H](n2cnc3c(=O)[nH]c(C)nc32)O[C@@H]1CO. The Hall–Kier alpha value is -1.73. The topological polar surface area (TPSA) is 93.0 Å². The number of hydrogen-bond donors (Lipinski definition) is 2. The summed E-state index contributed by atoms with van der Waals surface area (Å²) in [5.74, 6) is 0.876. The Labute approximate surface area is 122 Å². The number of nitrogens with zero attached hydrogens (tertiary/aromatic N) is 3. The third-order valence-electron chi connectivity index (χ3n) is 4.06. The van der Waals surface area contributed by atoms with E-state index in [1.165, 1.54) is 0 Å². The molecule has 3 rings (SSSR count). The lowest BCUT2D eigenvalue weighted by atomic mass is 9.96. The van der Waals surface area contributed by atoms with Crippen molar-refractivity contribution in [1.82, 2.24) is 19.5 Å². The summed E-state index contributed by atoms with van der Waals surface area (Å²) in [6.07, 6.45) is 4.09. The van der Waals surface area contributed by atoms with Crippen LogP contribution in [0.25, 0.3) is 11.2 Å². The van der Waals surface area contributed by atoms with Crippen molar-refractivity contribution in [1.29, 1.82) is 0 Å². The Morgan fingerprint density at radius 2 is 2.38 bits per heavy atom. The fourth-order valence-electron chi connectivity index (χ4n) is 3.07. The number of aryl methyl sites for hydroxylation is 1. The number of rotatable bonds is 4. The van der Waals surface area contributed by atoms with Gasteiger partial charge in [-0.3, -0.25) is 9.36 Å². The Bertz CT molecular complexity index is 693. The molecule has 7 nitrogen and oxygen atoms in total. The van der Waals surface area contributed by atoms with Crippen molar-refractivity contribution in [3.05, 3.63) is 22.5 Å². The number of imidazole rings is 1. The zero-order valence-electron chi connectivity index (χ0n) is 12.2. The number of ether oxygens (including phenoxy) is 1. The molecule has 0 aromatic carbocycles. The van der Waals surface area contributed by atoms with E-state index >= 15 is 0 Å². The molecule has 1 fully saturated rings. The van der Waals surface area contributed by atoms with Gasteiger partial charge in [0.2, 0.25) is 0 Å². The minimum Gasteiger partial charge on any atom is -0.394 e. The number of aliphatic hydroxyl groups excluding tert-OH is 1. The largest absolute Gasteiger partial charge is 0.394 e. The van der Waals surface area contributed by atoms with Gasteiger partial charge in [-0.05, 0) is 25.7 Å². The first-order chi connectivity index (χ1) is 10.1. The zero-order valence-corrected chi connectivity index (χ0v) is 12.2. The molecule has 2 N–H and O–H groups in total. The Morgan fingerprint density at radius 3 is 3.10 bits per heavy atom. The average molecular weight is 292 g/mol. The van der Waals surface area contributed by atoms with Crippen molar-refractivity contribution in [2.24, 2.45) is 5.92 Å². The van der Waals surface area contributed by atoms with E-state index in [2.05, 4.69) is 21.9 Å². The third-order valence-corrected chi connectivity index (χ3v) is 4.06. The van der Waals surface area contributed by atoms with Crippen LogP contribution in [0.5, 0.6) is 0 Å². The molecular weight excluding hydrogens is 272 g/mol. The Kier molecular flexibility index (Phi) is 3.77. The smallest absolute Gasteiger partial charge is 0.279 e. The molecule has 1 unspecified atom stereocenters. The number of aliphatic hydroxyl groups is 1. The van der Waals surface area contributed by atoms with Crippen molar-refractivity contribution >= 4 is 11.2 Å². The van der Waals surface area contributed by atoms with Crippen molar-refractivity contribution in [2.75, 3.05) is 6.61 Å². The minimum absolute atomic E-state index is 0.0147. The molecule has 0 amide bonds. The first-order valence-corrected chi connectivity index (χ1v) is 7.33. The van der Waals surface area contributed by atoms with Gasteiger partial charge in [0.25, 0.3) is 5.56 Å². The highest BCUT2D eigenvalue weighted by atomic mass is 16.5. The number of hydrogen-bond acceptors (Lipinski definition) is 5. The number of fused-ring (bicyclic) bond motifs is 1. The Balaban J connectivity index is 1.96. The van der Waals surface area contributed by atoms with Crippen LogP contribution in [-0.2, 0) is 4.74 Å². The molecule has 1 aliphatic heterocycles.